The van der Waals surface area contributed by atoms with E-state index < -0.39 is 11.0 Å². The lowest BCUT2D eigenvalue weighted by Gasteiger charge is -2.41. The molecule has 106 valence electrons. The average molecular weight is 302 g/mol. The van der Waals surface area contributed by atoms with Crippen molar-refractivity contribution in [3.63, 3.8) is 0 Å². The third-order valence-corrected chi connectivity index (χ3v) is 4.36. The summed E-state index contributed by atoms with van der Waals surface area (Å²) in [6.45, 7) is 5.97. The van der Waals surface area contributed by atoms with Crippen LogP contribution in [-0.2, 0) is 0 Å². The molecule has 1 N–H and O–H groups in total. The van der Waals surface area contributed by atoms with Crippen molar-refractivity contribution in [3.05, 3.63) is 29.3 Å². The number of amides is 1. The quantitative estimate of drug-likeness (QED) is 0.599. The van der Waals surface area contributed by atoms with Gasteiger partial charge in [-0.3, -0.25) is 4.90 Å². The highest BCUT2D eigenvalue weighted by Crippen LogP contribution is 2.38. The van der Waals surface area contributed by atoms with Crippen LogP contribution in [0.4, 0.5) is 10.5 Å². The molecule has 1 atom stereocenters. The molecule has 0 aliphatic heterocycles. The van der Waals surface area contributed by atoms with E-state index in [1.54, 1.807) is 24.3 Å². The van der Waals surface area contributed by atoms with Crippen LogP contribution in [0.25, 0.3) is 0 Å². The number of hydrogen-bond donors (Lipinski definition) is 2. The Balaban J connectivity index is 3.30. The molecule has 1 rings (SSSR count). The maximum absolute atomic E-state index is 11.7. The molecule has 0 bridgehead atoms. The fourth-order valence-electron chi connectivity index (χ4n) is 2.14. The summed E-state index contributed by atoms with van der Waals surface area (Å²) < 4.78 is 0. The van der Waals surface area contributed by atoms with E-state index in [-0.39, 0.29) is 5.92 Å². The predicted octanol–water partition coefficient (Wildman–Crippen LogP) is 4.91. The first-order valence-corrected chi connectivity index (χ1v) is 7.16. The van der Waals surface area contributed by atoms with Crippen LogP contribution in [0.5, 0.6) is 0 Å². The van der Waals surface area contributed by atoms with Crippen molar-refractivity contribution in [1.29, 1.82) is 0 Å². The van der Waals surface area contributed by atoms with Gasteiger partial charge in [0.15, 0.2) is 0 Å². The molecule has 1 aromatic rings. The molecule has 0 saturated carbocycles. The van der Waals surface area contributed by atoms with Gasteiger partial charge in [-0.1, -0.05) is 44.9 Å². The van der Waals surface area contributed by atoms with Gasteiger partial charge < -0.3 is 5.11 Å². The molecule has 0 saturated heterocycles. The first-order valence-electron chi connectivity index (χ1n) is 6.34. The normalized spacial score (nSPS) is 14.2. The van der Waals surface area contributed by atoms with Gasteiger partial charge in [0.2, 0.25) is 0 Å². The van der Waals surface area contributed by atoms with Gasteiger partial charge in [0.1, 0.15) is 0 Å². The Bertz CT molecular complexity index is 453. The van der Waals surface area contributed by atoms with Gasteiger partial charge in [-0.2, -0.15) is 12.6 Å². The minimum atomic E-state index is -1.01. The van der Waals surface area contributed by atoms with E-state index in [0.717, 1.165) is 6.42 Å². The first-order chi connectivity index (χ1) is 8.82. The van der Waals surface area contributed by atoms with Crippen molar-refractivity contribution >= 4 is 36.0 Å². The van der Waals surface area contributed by atoms with E-state index in [9.17, 15) is 9.90 Å². The Labute approximate surface area is 125 Å². The lowest BCUT2D eigenvalue weighted by atomic mass is 9.96. The molecular formula is C14H20ClNO2S. The third-order valence-electron chi connectivity index (χ3n) is 3.19. The fraction of sp³-hybridized carbons (Fsp3) is 0.500. The van der Waals surface area contributed by atoms with Crippen molar-refractivity contribution in [2.24, 2.45) is 5.92 Å². The zero-order valence-corrected chi connectivity index (χ0v) is 13.1. The van der Waals surface area contributed by atoms with Crippen LogP contribution in [0.1, 0.15) is 33.6 Å². The van der Waals surface area contributed by atoms with Crippen LogP contribution in [0, 0.1) is 5.92 Å². The van der Waals surface area contributed by atoms with Gasteiger partial charge >= 0.3 is 6.09 Å². The van der Waals surface area contributed by atoms with Gasteiger partial charge in [0.25, 0.3) is 0 Å². The minimum Gasteiger partial charge on any atom is -0.465 e. The number of halogens is 1. The van der Waals surface area contributed by atoms with Crippen molar-refractivity contribution in [1.82, 2.24) is 0 Å². The molecular weight excluding hydrogens is 282 g/mol. The van der Waals surface area contributed by atoms with E-state index in [1.165, 1.54) is 4.90 Å². The maximum Gasteiger partial charge on any atom is 0.413 e. The molecule has 0 heterocycles. The number of thiol groups is 1. The summed E-state index contributed by atoms with van der Waals surface area (Å²) in [4.78, 5) is 12.2. The van der Waals surface area contributed by atoms with Crippen LogP contribution in [0.15, 0.2) is 24.3 Å². The number of benzene rings is 1. The Kier molecular flexibility index (Phi) is 5.56. The number of carboxylic acid groups (broad SMARTS) is 1. The molecule has 0 spiro atoms. The number of anilines is 1. The van der Waals surface area contributed by atoms with Gasteiger partial charge in [0.05, 0.1) is 4.87 Å². The van der Waals surface area contributed by atoms with Gasteiger partial charge in [-0.25, -0.2) is 4.79 Å². The summed E-state index contributed by atoms with van der Waals surface area (Å²) in [5, 5.41) is 10.1. The lowest BCUT2D eigenvalue weighted by molar-refractivity contribution is 0.193. The molecule has 0 fully saturated rings. The van der Waals surface area contributed by atoms with Crippen molar-refractivity contribution < 1.29 is 9.90 Å². The highest BCUT2D eigenvalue weighted by Gasteiger charge is 2.39. The molecule has 0 aliphatic rings. The summed E-state index contributed by atoms with van der Waals surface area (Å²) in [6.07, 6.45) is 0.512. The SMILES string of the molecule is CCCC(S)(C(C)C)N(C(=O)O)c1cccc(Cl)c1. The lowest BCUT2D eigenvalue weighted by Crippen LogP contribution is -2.51. The molecule has 5 heteroatoms. The van der Waals surface area contributed by atoms with Crippen LogP contribution in [-0.4, -0.2) is 16.1 Å². The standard InChI is InChI=1S/C14H20ClNO2S/c1-4-8-14(19,10(2)3)16(13(17)18)12-7-5-6-11(15)9-12/h5-7,9-10,19H,4,8H2,1-3H3,(H,17,18). The zero-order chi connectivity index (χ0) is 14.6. The number of carbonyl (C=O) groups is 1. The van der Waals surface area contributed by atoms with Crippen LogP contribution < -0.4 is 4.90 Å². The van der Waals surface area contributed by atoms with Gasteiger partial charge in [-0.05, 0) is 30.5 Å². The molecule has 0 aromatic heterocycles. The molecule has 1 aromatic carbocycles. The fourth-order valence-corrected chi connectivity index (χ4v) is 2.75. The van der Waals surface area contributed by atoms with Crippen molar-refractivity contribution in [2.45, 2.75) is 38.5 Å². The molecule has 1 unspecified atom stereocenters. The summed E-state index contributed by atoms with van der Waals surface area (Å²) in [7, 11) is 0. The molecule has 3 nitrogen and oxygen atoms in total. The first kappa shape index (κ1) is 16.2. The third kappa shape index (κ3) is 3.57. The van der Waals surface area contributed by atoms with E-state index in [1.807, 2.05) is 20.8 Å². The van der Waals surface area contributed by atoms with E-state index in [2.05, 4.69) is 12.6 Å². The van der Waals surface area contributed by atoms with Gasteiger partial charge in [0, 0.05) is 10.7 Å². The number of hydrogen-bond acceptors (Lipinski definition) is 2. The predicted molar refractivity (Wildman–Crippen MR) is 83.4 cm³/mol. The largest absolute Gasteiger partial charge is 0.465 e. The Hall–Kier alpha value is -0.870. The second-order valence-electron chi connectivity index (χ2n) is 4.88. The molecule has 1 amide bonds. The minimum absolute atomic E-state index is 0.0749. The Morgan fingerprint density at radius 3 is 2.58 bits per heavy atom. The van der Waals surface area contributed by atoms with Crippen molar-refractivity contribution in [3.8, 4) is 0 Å². The van der Waals surface area contributed by atoms with Crippen LogP contribution in [0.3, 0.4) is 0 Å². The van der Waals surface area contributed by atoms with Crippen molar-refractivity contribution in [2.75, 3.05) is 4.90 Å². The van der Waals surface area contributed by atoms with Gasteiger partial charge in [-0.15, -0.1) is 0 Å². The summed E-state index contributed by atoms with van der Waals surface area (Å²) in [5.41, 5.74) is 0.553. The smallest absolute Gasteiger partial charge is 0.413 e. The second-order valence-corrected chi connectivity index (χ2v) is 6.09. The molecule has 0 aliphatic carbocycles. The van der Waals surface area contributed by atoms with Crippen LogP contribution >= 0.6 is 24.2 Å². The Morgan fingerprint density at radius 1 is 1.53 bits per heavy atom. The summed E-state index contributed by atoms with van der Waals surface area (Å²) in [6, 6.07) is 6.86. The zero-order valence-electron chi connectivity index (χ0n) is 11.4. The van der Waals surface area contributed by atoms with E-state index in [4.69, 9.17) is 11.6 Å². The molecule has 0 radical (unpaired) electrons. The number of nitrogens with zero attached hydrogens (tertiary/aromatic N) is 1. The number of rotatable bonds is 5. The van der Waals surface area contributed by atoms with E-state index >= 15 is 0 Å². The van der Waals surface area contributed by atoms with E-state index in [0.29, 0.717) is 17.1 Å². The average Bonchev–Trinajstić information content (AvgIpc) is 2.28. The molecule has 19 heavy (non-hydrogen) atoms. The topological polar surface area (TPSA) is 40.5 Å². The summed E-state index contributed by atoms with van der Waals surface area (Å²) in [5.74, 6) is 0.0749. The van der Waals surface area contributed by atoms with Crippen LogP contribution in [0.2, 0.25) is 5.02 Å². The highest BCUT2D eigenvalue weighted by molar-refractivity contribution is 7.82. The maximum atomic E-state index is 11.7. The highest BCUT2D eigenvalue weighted by atomic mass is 35.5. The second kappa shape index (κ2) is 6.53. The Morgan fingerprint density at radius 2 is 2.16 bits per heavy atom. The monoisotopic (exact) mass is 301 g/mol. The summed E-state index contributed by atoms with van der Waals surface area (Å²) >= 11 is 10.6.